The second-order valence-electron chi connectivity index (χ2n) is 9.71. The molecule has 6 atom stereocenters. The molecule has 1 N–H and O–H groups in total. The first-order valence-electron chi connectivity index (χ1n) is 11.7. The van der Waals surface area contributed by atoms with E-state index in [1.54, 1.807) is 24.3 Å². The van der Waals surface area contributed by atoms with E-state index in [9.17, 15) is 26.0 Å². The van der Waals surface area contributed by atoms with Crippen LogP contribution in [0, 0.1) is 17.8 Å². The second kappa shape index (κ2) is 8.26. The van der Waals surface area contributed by atoms with E-state index in [1.165, 1.54) is 0 Å². The van der Waals surface area contributed by atoms with E-state index in [-0.39, 0.29) is 12.8 Å². The van der Waals surface area contributed by atoms with Gasteiger partial charge in [-0.05, 0) is 36.7 Å². The summed E-state index contributed by atoms with van der Waals surface area (Å²) in [7, 11) is -6.31. The molecule has 1 saturated heterocycles. The quantitative estimate of drug-likeness (QED) is 0.396. The van der Waals surface area contributed by atoms with Crippen molar-refractivity contribution in [2.75, 3.05) is 0 Å². The highest BCUT2D eigenvalue weighted by Gasteiger charge is 2.75. The van der Waals surface area contributed by atoms with Crippen molar-refractivity contribution in [1.82, 2.24) is 0 Å². The smallest absolute Gasteiger partial charge is 0.336 e. The molecule has 0 aromatic heterocycles. The van der Waals surface area contributed by atoms with Crippen molar-refractivity contribution in [3.63, 3.8) is 0 Å². The lowest BCUT2D eigenvalue weighted by Crippen LogP contribution is -2.55. The molecule has 2 bridgehead atoms. The lowest BCUT2D eigenvalue weighted by Gasteiger charge is -2.36. The van der Waals surface area contributed by atoms with Crippen molar-refractivity contribution in [2.45, 2.75) is 61.8 Å². The van der Waals surface area contributed by atoms with Gasteiger partial charge < -0.3 is 9.47 Å². The summed E-state index contributed by atoms with van der Waals surface area (Å²) < 4.78 is 102. The van der Waals surface area contributed by atoms with Crippen LogP contribution in [0.2, 0.25) is 0 Å². The average Bonchev–Trinajstić information content (AvgIpc) is 3.51. The fourth-order valence-corrected chi connectivity index (χ4v) is 6.56. The fraction of sp³-hybridized carbons (Fsp3) is 0.520. The molecule has 2 aromatic carbocycles. The minimum absolute atomic E-state index is 0.150. The highest BCUT2D eigenvalue weighted by molar-refractivity contribution is 7.87. The maximum atomic E-state index is 14.9. The van der Waals surface area contributed by atoms with E-state index in [2.05, 4.69) is 6.92 Å². The van der Waals surface area contributed by atoms with E-state index in [0.29, 0.717) is 11.1 Å². The number of rotatable bonds is 7. The lowest BCUT2D eigenvalue weighted by molar-refractivity contribution is -0.212. The van der Waals surface area contributed by atoms with Crippen molar-refractivity contribution in [1.29, 1.82) is 0 Å². The van der Waals surface area contributed by atoms with Gasteiger partial charge in [0.2, 0.25) is 5.79 Å². The number of hydrogen-bond donors (Lipinski definition) is 1. The van der Waals surface area contributed by atoms with Crippen LogP contribution in [0.4, 0.5) is 17.6 Å². The highest BCUT2D eigenvalue weighted by Crippen LogP contribution is 2.63. The van der Waals surface area contributed by atoms with Crippen LogP contribution in [-0.4, -0.2) is 36.4 Å². The Labute approximate surface area is 201 Å². The summed E-state index contributed by atoms with van der Waals surface area (Å²) >= 11 is 0. The van der Waals surface area contributed by atoms with Crippen LogP contribution in [-0.2, 0) is 31.8 Å². The Balaban J connectivity index is 1.51. The molecular formula is C25H26F4O5S. The van der Waals surface area contributed by atoms with Gasteiger partial charge in [0.1, 0.15) is 0 Å². The number of fused-ring (bicyclic) bond motifs is 5. The molecule has 35 heavy (non-hydrogen) atoms. The normalized spacial score (nSPS) is 32.7. The Bertz CT molecular complexity index is 1190. The molecule has 5 rings (SSSR count). The third-order valence-electron chi connectivity index (χ3n) is 7.67. The number of benzene rings is 2. The van der Waals surface area contributed by atoms with E-state index in [0.717, 1.165) is 18.4 Å². The van der Waals surface area contributed by atoms with Crippen molar-refractivity contribution in [3.05, 3.63) is 71.3 Å². The third-order valence-corrected chi connectivity index (χ3v) is 8.59. The van der Waals surface area contributed by atoms with E-state index >= 15 is 0 Å². The number of hydrogen-bond acceptors (Lipinski definition) is 4. The summed E-state index contributed by atoms with van der Waals surface area (Å²) in [6, 6.07) is 16.6. The Morgan fingerprint density at radius 2 is 1.54 bits per heavy atom. The summed E-state index contributed by atoms with van der Waals surface area (Å²) in [6.45, 7) is 2.07. The van der Waals surface area contributed by atoms with Gasteiger partial charge in [0.15, 0.2) is 0 Å². The average molecular weight is 515 g/mol. The van der Waals surface area contributed by atoms with Crippen molar-refractivity contribution < 1.29 is 40.0 Å². The summed E-state index contributed by atoms with van der Waals surface area (Å²) in [5.74, 6) is -9.92. The molecule has 1 aliphatic heterocycles. The van der Waals surface area contributed by atoms with Crippen LogP contribution in [0.1, 0.15) is 42.9 Å². The molecule has 2 saturated carbocycles. The highest BCUT2D eigenvalue weighted by atomic mass is 32.2. The first kappa shape index (κ1) is 24.7. The summed E-state index contributed by atoms with van der Waals surface area (Å²) in [5.41, 5.74) is 2.41. The molecule has 6 unspecified atom stereocenters. The van der Waals surface area contributed by atoms with Gasteiger partial charge in [-0.25, -0.2) is 0 Å². The summed E-state index contributed by atoms with van der Waals surface area (Å²) in [5, 5.41) is -5.60. The van der Waals surface area contributed by atoms with E-state index in [4.69, 9.17) is 14.0 Å². The van der Waals surface area contributed by atoms with Crippen molar-refractivity contribution in [3.8, 4) is 0 Å². The van der Waals surface area contributed by atoms with Gasteiger partial charge in [0.25, 0.3) is 0 Å². The van der Waals surface area contributed by atoms with Crippen LogP contribution >= 0.6 is 0 Å². The Morgan fingerprint density at radius 3 is 2.14 bits per heavy atom. The first-order chi connectivity index (χ1) is 16.4. The standard InChI is InChI=1S/C25H26F4O5S/c1-2-6-15-9-11-18(12-10-15)23(17-7-4-3-5-8-17)33-21-16-13-19(22(21)34-23)20(14-16)24(26,27)25(28,29)35(30,31)32/h3-5,7-12,16,19-22H,2,6,13-14H2,1H3,(H,30,31,32). The van der Waals surface area contributed by atoms with Gasteiger partial charge in [-0.2, -0.15) is 26.0 Å². The molecule has 2 aromatic rings. The maximum absolute atomic E-state index is 14.9. The zero-order chi connectivity index (χ0) is 25.2. The Morgan fingerprint density at radius 1 is 0.943 bits per heavy atom. The minimum Gasteiger partial charge on any atom is -0.336 e. The largest absolute Gasteiger partial charge is 0.431 e. The van der Waals surface area contributed by atoms with Crippen molar-refractivity contribution >= 4 is 10.1 Å². The monoisotopic (exact) mass is 514 g/mol. The molecule has 1 heterocycles. The molecule has 0 radical (unpaired) electrons. The van der Waals surface area contributed by atoms with Crippen LogP contribution in [0.15, 0.2) is 54.6 Å². The Hall–Kier alpha value is -2.01. The zero-order valence-corrected chi connectivity index (χ0v) is 19.7. The molecule has 2 aliphatic carbocycles. The van der Waals surface area contributed by atoms with Gasteiger partial charge in [0.05, 0.1) is 12.2 Å². The molecule has 0 spiro atoms. The molecule has 3 aliphatic rings. The maximum Gasteiger partial charge on any atom is 0.431 e. The zero-order valence-electron chi connectivity index (χ0n) is 18.9. The third kappa shape index (κ3) is 3.63. The van der Waals surface area contributed by atoms with Crippen LogP contribution in [0.25, 0.3) is 0 Å². The van der Waals surface area contributed by atoms with Gasteiger partial charge in [-0.1, -0.05) is 67.9 Å². The van der Waals surface area contributed by atoms with Gasteiger partial charge in [-0.3, -0.25) is 4.55 Å². The number of halogens is 4. The van der Waals surface area contributed by atoms with E-state index < -0.39 is 57.0 Å². The van der Waals surface area contributed by atoms with Gasteiger partial charge >= 0.3 is 21.3 Å². The summed E-state index contributed by atoms with van der Waals surface area (Å²) in [6.07, 6.45) is 0.104. The van der Waals surface area contributed by atoms with Gasteiger partial charge in [-0.15, -0.1) is 0 Å². The topological polar surface area (TPSA) is 72.8 Å². The predicted octanol–water partition coefficient (Wildman–Crippen LogP) is 5.40. The predicted molar refractivity (Wildman–Crippen MR) is 119 cm³/mol. The fourth-order valence-electron chi connectivity index (χ4n) is 6.06. The molecule has 5 nitrogen and oxygen atoms in total. The van der Waals surface area contributed by atoms with Crippen LogP contribution < -0.4 is 0 Å². The van der Waals surface area contributed by atoms with Gasteiger partial charge in [0, 0.05) is 17.0 Å². The first-order valence-corrected chi connectivity index (χ1v) is 13.1. The number of aryl methyl sites for hydroxylation is 1. The summed E-state index contributed by atoms with van der Waals surface area (Å²) in [4.78, 5) is 0. The van der Waals surface area contributed by atoms with Crippen LogP contribution in [0.3, 0.4) is 0 Å². The Kier molecular flexibility index (Phi) is 5.82. The molecular weight excluding hydrogens is 488 g/mol. The second-order valence-corrected chi connectivity index (χ2v) is 11.2. The lowest BCUT2D eigenvalue weighted by atomic mass is 9.81. The molecule has 190 valence electrons. The SMILES string of the molecule is CCCc1ccc(C2(c3ccccc3)OC3C4CC(C3O2)C(C(F)(F)C(F)(F)S(=O)(=O)O)C4)cc1. The number of ether oxygens (including phenoxy) is 2. The molecule has 0 amide bonds. The number of alkyl halides is 4. The molecule has 3 fully saturated rings. The molecule has 10 heteroatoms. The van der Waals surface area contributed by atoms with Crippen LogP contribution in [0.5, 0.6) is 0 Å². The van der Waals surface area contributed by atoms with E-state index in [1.807, 2.05) is 30.3 Å². The van der Waals surface area contributed by atoms with Crippen molar-refractivity contribution in [2.24, 2.45) is 17.8 Å². The minimum atomic E-state index is -6.31.